The van der Waals surface area contributed by atoms with Crippen LogP contribution in [0.4, 0.5) is 0 Å². The van der Waals surface area contributed by atoms with Crippen molar-refractivity contribution in [2.75, 3.05) is 13.7 Å². The molecule has 2 aliphatic rings. The molecule has 0 aliphatic heterocycles. The molecule has 0 N–H and O–H groups in total. The lowest BCUT2D eigenvalue weighted by molar-refractivity contribution is 0.157. The van der Waals surface area contributed by atoms with Crippen LogP contribution in [0.1, 0.15) is 57.8 Å². The van der Waals surface area contributed by atoms with Gasteiger partial charge in [-0.05, 0) is 38.1 Å². The van der Waals surface area contributed by atoms with Crippen molar-refractivity contribution in [3.05, 3.63) is 0 Å². The second-order valence-corrected chi connectivity index (χ2v) is 9.56. The average Bonchev–Trinajstić information content (AvgIpc) is 2.90. The average molecular weight is 256 g/mol. The molecule has 0 bridgehead atoms. The third-order valence-electron chi connectivity index (χ3n) is 4.83. The van der Waals surface area contributed by atoms with E-state index in [1.165, 1.54) is 57.8 Å². The molecular formula is C14H28O2Si. The summed E-state index contributed by atoms with van der Waals surface area (Å²) in [6, 6.07) is 0. The fraction of sp³-hybridized carbons (Fsp3) is 1.00. The molecule has 1 atom stereocenters. The molecule has 17 heavy (non-hydrogen) atoms. The standard InChI is InChI=1S/C14H28O2Si/c1-15-17(2,14-10-4-3-5-11-14)16-12-13-8-6-7-9-13/h13-14H,3-12H2,1-2H3. The van der Waals surface area contributed by atoms with Crippen molar-refractivity contribution in [2.45, 2.75) is 69.9 Å². The van der Waals surface area contributed by atoms with Gasteiger partial charge in [0, 0.05) is 19.3 Å². The molecule has 1 unspecified atom stereocenters. The number of rotatable bonds is 5. The topological polar surface area (TPSA) is 18.5 Å². The first kappa shape index (κ1) is 13.6. The summed E-state index contributed by atoms with van der Waals surface area (Å²) in [6.45, 7) is 3.25. The van der Waals surface area contributed by atoms with Crippen LogP contribution in [0.3, 0.4) is 0 Å². The van der Waals surface area contributed by atoms with E-state index in [-0.39, 0.29) is 0 Å². The molecule has 2 nitrogen and oxygen atoms in total. The van der Waals surface area contributed by atoms with Gasteiger partial charge in [-0.1, -0.05) is 32.1 Å². The molecule has 0 saturated heterocycles. The zero-order valence-corrected chi connectivity index (χ0v) is 12.5. The Balaban J connectivity index is 1.83. The van der Waals surface area contributed by atoms with Gasteiger partial charge in [0.15, 0.2) is 0 Å². The lowest BCUT2D eigenvalue weighted by atomic mass is 10.0. The molecule has 0 amide bonds. The van der Waals surface area contributed by atoms with Crippen LogP contribution in [-0.4, -0.2) is 22.3 Å². The van der Waals surface area contributed by atoms with Gasteiger partial charge in [-0.25, -0.2) is 0 Å². The minimum Gasteiger partial charge on any atom is -0.398 e. The van der Waals surface area contributed by atoms with Gasteiger partial charge < -0.3 is 8.85 Å². The van der Waals surface area contributed by atoms with Gasteiger partial charge in [0.1, 0.15) is 0 Å². The Labute approximate surface area is 107 Å². The van der Waals surface area contributed by atoms with Crippen LogP contribution in [0.25, 0.3) is 0 Å². The van der Waals surface area contributed by atoms with E-state index >= 15 is 0 Å². The molecule has 0 aromatic carbocycles. The van der Waals surface area contributed by atoms with E-state index < -0.39 is 8.56 Å². The maximum absolute atomic E-state index is 6.32. The van der Waals surface area contributed by atoms with Crippen LogP contribution in [0.2, 0.25) is 12.1 Å². The third kappa shape index (κ3) is 3.55. The molecule has 0 aromatic heterocycles. The van der Waals surface area contributed by atoms with Crippen molar-refractivity contribution in [2.24, 2.45) is 5.92 Å². The molecule has 2 rings (SSSR count). The summed E-state index contributed by atoms with van der Waals surface area (Å²) < 4.78 is 12.2. The van der Waals surface area contributed by atoms with E-state index in [2.05, 4.69) is 6.55 Å². The van der Waals surface area contributed by atoms with E-state index in [9.17, 15) is 0 Å². The number of hydrogen-bond donors (Lipinski definition) is 0. The van der Waals surface area contributed by atoms with Crippen molar-refractivity contribution < 1.29 is 8.85 Å². The van der Waals surface area contributed by atoms with Crippen LogP contribution in [0, 0.1) is 5.92 Å². The summed E-state index contributed by atoms with van der Waals surface area (Å²) >= 11 is 0. The predicted octanol–water partition coefficient (Wildman–Crippen LogP) is 4.25. The fourth-order valence-corrected chi connectivity index (χ4v) is 6.14. The van der Waals surface area contributed by atoms with Crippen molar-refractivity contribution in [1.29, 1.82) is 0 Å². The number of hydrogen-bond acceptors (Lipinski definition) is 2. The lowest BCUT2D eigenvalue weighted by Crippen LogP contribution is -2.44. The Morgan fingerprint density at radius 2 is 1.53 bits per heavy atom. The zero-order chi connectivity index (χ0) is 12.1. The van der Waals surface area contributed by atoms with E-state index in [0.29, 0.717) is 0 Å². The molecule has 2 aliphatic carbocycles. The molecule has 100 valence electrons. The first-order chi connectivity index (χ1) is 8.24. The smallest absolute Gasteiger partial charge is 0.337 e. The highest BCUT2D eigenvalue weighted by atomic mass is 28.4. The van der Waals surface area contributed by atoms with Crippen LogP contribution in [-0.2, 0) is 8.85 Å². The predicted molar refractivity (Wildman–Crippen MR) is 73.4 cm³/mol. The molecule has 3 heteroatoms. The van der Waals surface area contributed by atoms with E-state index in [1.807, 2.05) is 7.11 Å². The first-order valence-electron chi connectivity index (χ1n) is 7.44. The van der Waals surface area contributed by atoms with Crippen molar-refractivity contribution in [3.63, 3.8) is 0 Å². The van der Waals surface area contributed by atoms with Gasteiger partial charge in [0.05, 0.1) is 0 Å². The fourth-order valence-electron chi connectivity index (χ4n) is 3.43. The second-order valence-electron chi connectivity index (χ2n) is 6.02. The summed E-state index contributed by atoms with van der Waals surface area (Å²) in [4.78, 5) is 0. The third-order valence-corrected chi connectivity index (χ3v) is 8.44. The Morgan fingerprint density at radius 1 is 0.941 bits per heavy atom. The molecule has 2 fully saturated rings. The van der Waals surface area contributed by atoms with Crippen LogP contribution in [0.5, 0.6) is 0 Å². The van der Waals surface area contributed by atoms with Crippen LogP contribution >= 0.6 is 0 Å². The molecule has 0 aromatic rings. The van der Waals surface area contributed by atoms with E-state index in [0.717, 1.165) is 18.1 Å². The molecule has 0 heterocycles. The minimum absolute atomic E-state index is 0.739. The van der Waals surface area contributed by atoms with Gasteiger partial charge in [-0.15, -0.1) is 0 Å². The lowest BCUT2D eigenvalue weighted by Gasteiger charge is -2.36. The first-order valence-corrected chi connectivity index (χ1v) is 9.83. The van der Waals surface area contributed by atoms with Gasteiger partial charge in [0.2, 0.25) is 0 Å². The summed E-state index contributed by atoms with van der Waals surface area (Å²) in [5.41, 5.74) is 0.739. The summed E-state index contributed by atoms with van der Waals surface area (Å²) in [5.74, 6) is 0.820. The maximum atomic E-state index is 6.32. The van der Waals surface area contributed by atoms with Crippen LogP contribution < -0.4 is 0 Å². The Morgan fingerprint density at radius 3 is 2.12 bits per heavy atom. The van der Waals surface area contributed by atoms with Crippen molar-refractivity contribution >= 4 is 8.56 Å². The summed E-state index contributed by atoms with van der Waals surface area (Å²) in [7, 11) is -0.0196. The van der Waals surface area contributed by atoms with Gasteiger partial charge in [-0.2, -0.15) is 0 Å². The maximum Gasteiger partial charge on any atom is 0.337 e. The SMILES string of the molecule is CO[Si](C)(OCC1CCCC1)C1CCCCC1. The molecule has 0 radical (unpaired) electrons. The molecule has 2 saturated carbocycles. The van der Waals surface area contributed by atoms with Crippen LogP contribution in [0.15, 0.2) is 0 Å². The monoisotopic (exact) mass is 256 g/mol. The van der Waals surface area contributed by atoms with Crippen molar-refractivity contribution in [1.82, 2.24) is 0 Å². The summed E-state index contributed by atoms with van der Waals surface area (Å²) in [5, 5.41) is 0. The Bertz CT molecular complexity index is 222. The van der Waals surface area contributed by atoms with Gasteiger partial charge >= 0.3 is 8.56 Å². The zero-order valence-electron chi connectivity index (χ0n) is 11.5. The largest absolute Gasteiger partial charge is 0.398 e. The molecule has 0 spiro atoms. The van der Waals surface area contributed by atoms with Crippen molar-refractivity contribution in [3.8, 4) is 0 Å². The molecular weight excluding hydrogens is 228 g/mol. The normalized spacial score (nSPS) is 27.2. The quantitative estimate of drug-likeness (QED) is 0.685. The summed E-state index contributed by atoms with van der Waals surface area (Å²) in [6.07, 6.45) is 12.4. The Hall–Kier alpha value is 0.137. The van der Waals surface area contributed by atoms with E-state index in [4.69, 9.17) is 8.85 Å². The Kier molecular flexibility index (Phi) is 5.06. The van der Waals surface area contributed by atoms with E-state index in [1.54, 1.807) is 0 Å². The highest BCUT2D eigenvalue weighted by Crippen LogP contribution is 2.38. The highest BCUT2D eigenvalue weighted by Gasteiger charge is 2.41. The highest BCUT2D eigenvalue weighted by molar-refractivity contribution is 6.67. The minimum atomic E-state index is -1.89. The second kappa shape index (κ2) is 6.35. The van der Waals surface area contributed by atoms with Gasteiger partial charge in [-0.3, -0.25) is 0 Å². The van der Waals surface area contributed by atoms with Gasteiger partial charge in [0.25, 0.3) is 0 Å².